The van der Waals surface area contributed by atoms with Crippen molar-refractivity contribution in [2.75, 3.05) is 11.9 Å². The summed E-state index contributed by atoms with van der Waals surface area (Å²) in [6.07, 6.45) is 4.85. The summed E-state index contributed by atoms with van der Waals surface area (Å²) >= 11 is 0. The first-order chi connectivity index (χ1) is 15.0. The van der Waals surface area contributed by atoms with E-state index in [1.54, 1.807) is 0 Å². The molecule has 6 rings (SSSR count). The van der Waals surface area contributed by atoms with Crippen LogP contribution in [0.25, 0.3) is 22.3 Å². The molecule has 2 amide bonds. The average molecular weight is 417 g/mol. The fraction of sp³-hybridized carbons (Fsp3) is 0.391. The number of carbonyl (C=O) groups excluding carboxylic acids is 2. The lowest BCUT2D eigenvalue weighted by molar-refractivity contribution is -0.119. The normalized spacial score (nSPS) is 21.1. The van der Waals surface area contributed by atoms with Crippen molar-refractivity contribution < 1.29 is 14.3 Å². The van der Waals surface area contributed by atoms with Crippen LogP contribution in [0.1, 0.15) is 37.8 Å². The molecular formula is C23H23N5O3. The van der Waals surface area contributed by atoms with Gasteiger partial charge in [-0.15, -0.1) is 0 Å². The second-order valence-electron chi connectivity index (χ2n) is 8.75. The molecule has 0 radical (unpaired) electrons. The van der Waals surface area contributed by atoms with E-state index in [0.717, 1.165) is 46.4 Å². The van der Waals surface area contributed by atoms with Crippen LogP contribution in [-0.2, 0) is 16.0 Å². The number of hydrogen-bond acceptors (Lipinski definition) is 5. The minimum Gasteiger partial charge on any atom is -0.473 e. The number of nitrogens with one attached hydrogen (secondary N) is 2. The second kappa shape index (κ2) is 6.80. The number of amides is 2. The van der Waals surface area contributed by atoms with Gasteiger partial charge in [-0.05, 0) is 37.5 Å². The smallest absolute Gasteiger partial charge is 0.241 e. The Bertz CT molecular complexity index is 1230. The molecule has 158 valence electrons. The monoisotopic (exact) mass is 417 g/mol. The zero-order valence-corrected chi connectivity index (χ0v) is 17.2. The van der Waals surface area contributed by atoms with Crippen molar-refractivity contribution in [1.29, 1.82) is 0 Å². The van der Waals surface area contributed by atoms with Gasteiger partial charge in [0.1, 0.15) is 11.6 Å². The molecule has 8 heteroatoms. The van der Waals surface area contributed by atoms with E-state index in [2.05, 4.69) is 20.2 Å². The molecule has 3 aromatic rings. The first-order valence-corrected chi connectivity index (χ1v) is 10.8. The van der Waals surface area contributed by atoms with E-state index >= 15 is 0 Å². The molecule has 3 aliphatic rings. The summed E-state index contributed by atoms with van der Waals surface area (Å²) in [5.74, 6) is 0.737. The van der Waals surface area contributed by atoms with Crippen LogP contribution in [0.3, 0.4) is 0 Å². The minimum absolute atomic E-state index is 0.0105. The number of hydrogen-bond donors (Lipinski definition) is 2. The zero-order valence-electron chi connectivity index (χ0n) is 17.2. The third-order valence-corrected chi connectivity index (χ3v) is 6.46. The zero-order chi connectivity index (χ0) is 21.1. The quantitative estimate of drug-likeness (QED) is 0.665. The maximum atomic E-state index is 11.7. The molecule has 1 aliphatic carbocycles. The molecule has 2 unspecified atom stereocenters. The van der Waals surface area contributed by atoms with Crippen LogP contribution in [0.2, 0.25) is 0 Å². The van der Waals surface area contributed by atoms with E-state index in [4.69, 9.17) is 9.72 Å². The predicted octanol–water partition coefficient (Wildman–Crippen LogP) is 2.83. The number of fused-ring (bicyclic) bond motifs is 2. The van der Waals surface area contributed by atoms with Crippen molar-refractivity contribution in [2.24, 2.45) is 5.92 Å². The summed E-state index contributed by atoms with van der Waals surface area (Å²) in [5.41, 5.74) is 5.23. The summed E-state index contributed by atoms with van der Waals surface area (Å²) in [6, 6.07) is 8.33. The molecule has 8 nitrogen and oxygen atoms in total. The summed E-state index contributed by atoms with van der Waals surface area (Å²) in [5, 5.41) is 5.78. The van der Waals surface area contributed by atoms with Crippen molar-refractivity contribution in [2.45, 2.75) is 44.8 Å². The van der Waals surface area contributed by atoms with Crippen molar-refractivity contribution in [3.8, 4) is 17.1 Å². The largest absolute Gasteiger partial charge is 0.473 e. The summed E-state index contributed by atoms with van der Waals surface area (Å²) in [4.78, 5) is 32.9. The topological polar surface area (TPSA) is 98.1 Å². The fourth-order valence-electron chi connectivity index (χ4n) is 4.49. The number of anilines is 1. The molecule has 1 saturated carbocycles. The number of pyridine rings is 1. The van der Waals surface area contributed by atoms with Crippen LogP contribution in [0.4, 0.5) is 5.69 Å². The number of nitrogens with zero attached hydrogens (tertiary/aromatic N) is 3. The lowest BCUT2D eigenvalue weighted by Crippen LogP contribution is -2.26. The molecule has 2 fully saturated rings. The minimum atomic E-state index is -0.160. The molecule has 31 heavy (non-hydrogen) atoms. The number of imidazole rings is 1. The molecule has 1 aromatic carbocycles. The van der Waals surface area contributed by atoms with E-state index in [1.807, 2.05) is 37.5 Å². The fourth-order valence-corrected chi connectivity index (χ4v) is 4.49. The third kappa shape index (κ3) is 3.22. The molecule has 2 aliphatic heterocycles. The van der Waals surface area contributed by atoms with Gasteiger partial charge in [0.25, 0.3) is 0 Å². The van der Waals surface area contributed by atoms with Crippen LogP contribution in [0.5, 0.6) is 5.88 Å². The lowest BCUT2D eigenvalue weighted by Gasteiger charge is -2.20. The molecule has 2 aromatic heterocycles. The Labute approximate surface area is 179 Å². The van der Waals surface area contributed by atoms with Gasteiger partial charge in [0.05, 0.1) is 24.0 Å². The Kier molecular flexibility index (Phi) is 4.03. The van der Waals surface area contributed by atoms with Crippen molar-refractivity contribution in [3.05, 3.63) is 36.2 Å². The van der Waals surface area contributed by atoms with Crippen LogP contribution in [0.15, 0.2) is 30.6 Å². The standard InChI is InChI=1S/C23H23N5O3/c1-12(15-8-20(29)24-10-15)31-23-22-19(25-11-28(22)16-4-5-16)9-18(27-23)13-2-3-14-7-21(30)26-17(14)6-13/h2-3,6,9,11-12,15-16H,4-5,7-8,10H2,1H3,(H,24,29)(H,26,30). The molecule has 0 spiro atoms. The molecule has 2 atom stereocenters. The van der Waals surface area contributed by atoms with E-state index in [9.17, 15) is 9.59 Å². The first-order valence-electron chi connectivity index (χ1n) is 10.8. The lowest BCUT2D eigenvalue weighted by atomic mass is 10.0. The van der Waals surface area contributed by atoms with Crippen LogP contribution >= 0.6 is 0 Å². The van der Waals surface area contributed by atoms with E-state index in [1.165, 1.54) is 0 Å². The van der Waals surface area contributed by atoms with Gasteiger partial charge in [0, 0.05) is 36.2 Å². The van der Waals surface area contributed by atoms with Crippen LogP contribution in [0, 0.1) is 5.92 Å². The summed E-state index contributed by atoms with van der Waals surface area (Å²) < 4.78 is 8.54. The number of carbonyl (C=O) groups is 2. The highest BCUT2D eigenvalue weighted by Gasteiger charge is 2.31. The van der Waals surface area contributed by atoms with Gasteiger partial charge in [-0.25, -0.2) is 9.97 Å². The Hall–Kier alpha value is -3.42. The Balaban J connectivity index is 1.41. The highest BCUT2D eigenvalue weighted by Crippen LogP contribution is 2.41. The van der Waals surface area contributed by atoms with Crippen LogP contribution in [-0.4, -0.2) is 39.0 Å². The van der Waals surface area contributed by atoms with Crippen molar-refractivity contribution in [3.63, 3.8) is 0 Å². The van der Waals surface area contributed by atoms with E-state index in [0.29, 0.717) is 31.3 Å². The average Bonchev–Trinajstić information content (AvgIpc) is 3.17. The maximum absolute atomic E-state index is 11.7. The van der Waals surface area contributed by atoms with Gasteiger partial charge in [-0.1, -0.05) is 12.1 Å². The molecule has 4 heterocycles. The highest BCUT2D eigenvalue weighted by atomic mass is 16.5. The van der Waals surface area contributed by atoms with Gasteiger partial charge < -0.3 is 19.9 Å². The summed E-state index contributed by atoms with van der Waals surface area (Å²) in [6.45, 7) is 2.61. The molecule has 2 N–H and O–H groups in total. The third-order valence-electron chi connectivity index (χ3n) is 6.46. The van der Waals surface area contributed by atoms with E-state index < -0.39 is 0 Å². The van der Waals surface area contributed by atoms with Gasteiger partial charge in [-0.3, -0.25) is 9.59 Å². The van der Waals surface area contributed by atoms with E-state index in [-0.39, 0.29) is 23.8 Å². The van der Waals surface area contributed by atoms with Gasteiger partial charge >= 0.3 is 0 Å². The highest BCUT2D eigenvalue weighted by molar-refractivity contribution is 6.00. The number of benzene rings is 1. The van der Waals surface area contributed by atoms with Gasteiger partial charge in [0.15, 0.2) is 0 Å². The number of ether oxygens (including phenoxy) is 1. The molecule has 0 bridgehead atoms. The Morgan fingerprint density at radius 1 is 1.19 bits per heavy atom. The first kappa shape index (κ1) is 18.4. The number of aromatic nitrogens is 3. The summed E-state index contributed by atoms with van der Waals surface area (Å²) in [7, 11) is 0. The second-order valence-corrected chi connectivity index (χ2v) is 8.75. The van der Waals surface area contributed by atoms with Crippen molar-refractivity contribution in [1.82, 2.24) is 19.9 Å². The Morgan fingerprint density at radius 2 is 2.06 bits per heavy atom. The maximum Gasteiger partial charge on any atom is 0.241 e. The Morgan fingerprint density at radius 3 is 2.84 bits per heavy atom. The van der Waals surface area contributed by atoms with Crippen molar-refractivity contribution >= 4 is 28.5 Å². The predicted molar refractivity (Wildman–Crippen MR) is 115 cm³/mol. The SMILES string of the molecule is CC(Oc1nc(-c2ccc3c(c2)NC(=O)C3)cc2ncn(C3CC3)c12)C1CNC(=O)C1. The van der Waals surface area contributed by atoms with Crippen LogP contribution < -0.4 is 15.4 Å². The molecular weight excluding hydrogens is 394 g/mol. The van der Waals surface area contributed by atoms with Gasteiger partial charge in [-0.2, -0.15) is 0 Å². The number of rotatable bonds is 5. The van der Waals surface area contributed by atoms with Gasteiger partial charge in [0.2, 0.25) is 17.7 Å². The molecule has 1 saturated heterocycles.